The molecule has 0 aliphatic rings. The molecule has 0 heterocycles. The van der Waals surface area contributed by atoms with Gasteiger partial charge in [0.25, 0.3) is 0 Å². The summed E-state index contributed by atoms with van der Waals surface area (Å²) in [7, 11) is 0. The van der Waals surface area contributed by atoms with Crippen molar-refractivity contribution in [3.05, 3.63) is 28.8 Å². The van der Waals surface area contributed by atoms with Crippen LogP contribution in [0.3, 0.4) is 0 Å². The number of halogens is 1. The van der Waals surface area contributed by atoms with E-state index in [0.717, 1.165) is 5.56 Å². The standard InChI is InChI=1S/C9H10ClNO3/c10-7-3-6(1-2-8(7)12)4-11-5-9(13)14/h1-3,11-12H,4-5H2,(H,13,14). The molecule has 76 valence electrons. The Morgan fingerprint density at radius 3 is 2.79 bits per heavy atom. The monoisotopic (exact) mass is 215 g/mol. The van der Waals surface area contributed by atoms with Crippen molar-refractivity contribution in [1.29, 1.82) is 0 Å². The number of aromatic hydroxyl groups is 1. The number of nitrogens with one attached hydrogen (secondary N) is 1. The molecule has 0 saturated carbocycles. The lowest BCUT2D eigenvalue weighted by atomic mass is 10.2. The van der Waals surface area contributed by atoms with Crippen LogP contribution in [0.5, 0.6) is 5.75 Å². The van der Waals surface area contributed by atoms with Crippen LogP contribution in [0.15, 0.2) is 18.2 Å². The Hall–Kier alpha value is -1.26. The number of carboxylic acid groups (broad SMARTS) is 1. The summed E-state index contributed by atoms with van der Waals surface area (Å²) < 4.78 is 0. The lowest BCUT2D eigenvalue weighted by molar-refractivity contribution is -0.135. The second-order valence-corrected chi connectivity index (χ2v) is 3.19. The first-order valence-electron chi connectivity index (χ1n) is 3.99. The fourth-order valence-corrected chi connectivity index (χ4v) is 1.18. The molecule has 3 N–H and O–H groups in total. The van der Waals surface area contributed by atoms with E-state index >= 15 is 0 Å². The smallest absolute Gasteiger partial charge is 0.317 e. The van der Waals surface area contributed by atoms with Gasteiger partial charge in [-0.15, -0.1) is 0 Å². The van der Waals surface area contributed by atoms with Gasteiger partial charge in [0.1, 0.15) is 5.75 Å². The number of aliphatic carboxylic acids is 1. The molecule has 1 rings (SSSR count). The van der Waals surface area contributed by atoms with Crippen LogP contribution in [-0.2, 0) is 11.3 Å². The van der Waals surface area contributed by atoms with Crippen LogP contribution in [0.1, 0.15) is 5.56 Å². The highest BCUT2D eigenvalue weighted by Gasteiger charge is 2.00. The molecule has 1 aromatic rings. The highest BCUT2D eigenvalue weighted by Crippen LogP contribution is 2.23. The molecule has 0 spiro atoms. The number of benzene rings is 1. The van der Waals surface area contributed by atoms with Crippen molar-refractivity contribution in [1.82, 2.24) is 5.32 Å². The normalized spacial score (nSPS) is 10.1. The van der Waals surface area contributed by atoms with E-state index in [1.54, 1.807) is 12.1 Å². The van der Waals surface area contributed by atoms with Gasteiger partial charge in [0.2, 0.25) is 0 Å². The molecule has 0 amide bonds. The van der Waals surface area contributed by atoms with Gasteiger partial charge < -0.3 is 15.5 Å². The third-order valence-electron chi connectivity index (χ3n) is 1.62. The Morgan fingerprint density at radius 2 is 2.21 bits per heavy atom. The second kappa shape index (κ2) is 4.83. The fourth-order valence-electron chi connectivity index (χ4n) is 0.974. The number of carbonyl (C=O) groups is 1. The molecule has 5 heteroatoms. The highest BCUT2D eigenvalue weighted by molar-refractivity contribution is 6.32. The molecular formula is C9H10ClNO3. The summed E-state index contributed by atoms with van der Waals surface area (Å²) in [4.78, 5) is 10.2. The largest absolute Gasteiger partial charge is 0.506 e. The molecule has 0 aliphatic carbocycles. The van der Waals surface area contributed by atoms with E-state index in [1.165, 1.54) is 6.07 Å². The summed E-state index contributed by atoms with van der Waals surface area (Å²) >= 11 is 5.66. The number of phenols is 1. The van der Waals surface area contributed by atoms with Gasteiger partial charge in [-0.3, -0.25) is 4.79 Å². The van der Waals surface area contributed by atoms with Gasteiger partial charge >= 0.3 is 5.97 Å². The van der Waals surface area contributed by atoms with Crippen molar-refractivity contribution in [3.8, 4) is 5.75 Å². The predicted octanol–water partition coefficient (Wildman–Crippen LogP) is 1.22. The molecule has 0 unspecified atom stereocenters. The van der Waals surface area contributed by atoms with Gasteiger partial charge in [-0.05, 0) is 17.7 Å². The SMILES string of the molecule is O=C(O)CNCc1ccc(O)c(Cl)c1. The molecule has 14 heavy (non-hydrogen) atoms. The Balaban J connectivity index is 2.51. The molecule has 1 aromatic carbocycles. The average molecular weight is 216 g/mol. The Bertz CT molecular complexity index is 341. The topological polar surface area (TPSA) is 69.6 Å². The maximum absolute atomic E-state index is 10.2. The number of hydrogen-bond acceptors (Lipinski definition) is 3. The van der Waals surface area contributed by atoms with E-state index in [2.05, 4.69) is 5.32 Å². The summed E-state index contributed by atoms with van der Waals surface area (Å²) in [6.07, 6.45) is 0. The van der Waals surface area contributed by atoms with Crippen molar-refractivity contribution in [2.24, 2.45) is 0 Å². The summed E-state index contributed by atoms with van der Waals surface area (Å²) in [5.41, 5.74) is 0.828. The Labute approximate surface area is 86.1 Å². The summed E-state index contributed by atoms with van der Waals surface area (Å²) in [5, 5.41) is 20.4. The molecule has 0 radical (unpaired) electrons. The highest BCUT2D eigenvalue weighted by atomic mass is 35.5. The van der Waals surface area contributed by atoms with Crippen molar-refractivity contribution in [3.63, 3.8) is 0 Å². The van der Waals surface area contributed by atoms with Crippen molar-refractivity contribution in [2.75, 3.05) is 6.54 Å². The predicted molar refractivity (Wildman–Crippen MR) is 52.5 cm³/mol. The van der Waals surface area contributed by atoms with Crippen LogP contribution in [0.25, 0.3) is 0 Å². The molecule has 0 bridgehead atoms. The lowest BCUT2D eigenvalue weighted by Crippen LogP contribution is -2.21. The van der Waals surface area contributed by atoms with Crippen LogP contribution in [0.2, 0.25) is 5.02 Å². The first-order valence-corrected chi connectivity index (χ1v) is 4.37. The maximum Gasteiger partial charge on any atom is 0.317 e. The van der Waals surface area contributed by atoms with E-state index < -0.39 is 5.97 Å². The van der Waals surface area contributed by atoms with E-state index in [4.69, 9.17) is 21.8 Å². The molecule has 0 saturated heterocycles. The van der Waals surface area contributed by atoms with Gasteiger partial charge in [0.15, 0.2) is 0 Å². The lowest BCUT2D eigenvalue weighted by Gasteiger charge is -2.03. The minimum atomic E-state index is -0.908. The first kappa shape index (κ1) is 10.8. The Morgan fingerprint density at radius 1 is 1.50 bits per heavy atom. The zero-order valence-corrected chi connectivity index (χ0v) is 8.08. The van der Waals surface area contributed by atoms with Crippen LogP contribution in [-0.4, -0.2) is 22.7 Å². The second-order valence-electron chi connectivity index (χ2n) is 2.78. The maximum atomic E-state index is 10.2. The molecule has 0 atom stereocenters. The van der Waals surface area contributed by atoms with Crippen LogP contribution >= 0.6 is 11.6 Å². The average Bonchev–Trinajstić information content (AvgIpc) is 2.10. The number of hydrogen-bond donors (Lipinski definition) is 3. The third-order valence-corrected chi connectivity index (χ3v) is 1.92. The molecule has 0 aromatic heterocycles. The zero-order chi connectivity index (χ0) is 10.6. The molecule has 0 fully saturated rings. The van der Waals surface area contributed by atoms with Crippen LogP contribution in [0, 0.1) is 0 Å². The summed E-state index contributed by atoms with van der Waals surface area (Å²) in [6.45, 7) is 0.310. The van der Waals surface area contributed by atoms with Gasteiger partial charge in [-0.25, -0.2) is 0 Å². The summed E-state index contributed by atoms with van der Waals surface area (Å²) in [5.74, 6) is -0.886. The van der Waals surface area contributed by atoms with Gasteiger partial charge in [0.05, 0.1) is 11.6 Å². The third kappa shape index (κ3) is 3.24. The van der Waals surface area contributed by atoms with E-state index in [0.29, 0.717) is 6.54 Å². The zero-order valence-electron chi connectivity index (χ0n) is 7.33. The van der Waals surface area contributed by atoms with E-state index in [9.17, 15) is 4.79 Å². The number of carboxylic acids is 1. The fraction of sp³-hybridized carbons (Fsp3) is 0.222. The number of phenolic OH excluding ortho intramolecular Hbond substituents is 1. The van der Waals surface area contributed by atoms with Crippen LogP contribution in [0.4, 0.5) is 0 Å². The number of rotatable bonds is 4. The van der Waals surface area contributed by atoms with Crippen molar-refractivity contribution in [2.45, 2.75) is 6.54 Å². The molecule has 0 aliphatic heterocycles. The minimum absolute atomic E-state index is 0.0219. The molecule has 4 nitrogen and oxygen atoms in total. The van der Waals surface area contributed by atoms with Crippen molar-refractivity contribution >= 4 is 17.6 Å². The molecular weight excluding hydrogens is 206 g/mol. The van der Waals surface area contributed by atoms with Gasteiger partial charge in [-0.2, -0.15) is 0 Å². The van der Waals surface area contributed by atoms with E-state index in [-0.39, 0.29) is 17.3 Å². The Kier molecular flexibility index (Phi) is 3.73. The van der Waals surface area contributed by atoms with Gasteiger partial charge in [0, 0.05) is 6.54 Å². The van der Waals surface area contributed by atoms with Gasteiger partial charge in [-0.1, -0.05) is 17.7 Å². The summed E-state index contributed by atoms with van der Waals surface area (Å²) in [6, 6.07) is 4.74. The minimum Gasteiger partial charge on any atom is -0.506 e. The van der Waals surface area contributed by atoms with Crippen molar-refractivity contribution < 1.29 is 15.0 Å². The first-order chi connectivity index (χ1) is 6.59. The quantitative estimate of drug-likeness (QED) is 0.707. The van der Waals surface area contributed by atoms with E-state index in [1.807, 2.05) is 0 Å². The van der Waals surface area contributed by atoms with Crippen LogP contribution < -0.4 is 5.32 Å².